The number of carbonyl (C=O) groups excluding carboxylic acids is 1. The molecule has 0 aliphatic rings. The van der Waals surface area contributed by atoms with E-state index in [0.717, 1.165) is 11.1 Å². The van der Waals surface area contributed by atoms with Crippen LogP contribution in [0.4, 0.5) is 5.82 Å². The molecule has 1 amide bonds. The molecule has 32 heavy (non-hydrogen) atoms. The van der Waals surface area contributed by atoms with Gasteiger partial charge in [-0.3, -0.25) is 14.6 Å². The largest absolute Gasteiger partial charge is 0.367 e. The summed E-state index contributed by atoms with van der Waals surface area (Å²) in [5, 5.41) is 16.9. The molecule has 0 aliphatic carbocycles. The summed E-state index contributed by atoms with van der Waals surface area (Å²) in [7, 11) is 0. The van der Waals surface area contributed by atoms with Crippen LogP contribution >= 0.6 is 0 Å². The van der Waals surface area contributed by atoms with E-state index in [1.165, 1.54) is 0 Å². The van der Waals surface area contributed by atoms with E-state index in [1.54, 1.807) is 18.3 Å². The first-order valence-corrected chi connectivity index (χ1v) is 10.3. The van der Waals surface area contributed by atoms with Crippen LogP contribution in [0.2, 0.25) is 0 Å². The lowest BCUT2D eigenvalue weighted by molar-refractivity contribution is -0.121. The van der Waals surface area contributed by atoms with Crippen LogP contribution in [0.1, 0.15) is 24.3 Å². The number of rotatable bonds is 9. The Balaban J connectivity index is 1.18. The first kappa shape index (κ1) is 21.2. The van der Waals surface area contributed by atoms with Crippen LogP contribution in [0.25, 0.3) is 22.3 Å². The second-order valence-electron chi connectivity index (χ2n) is 7.31. The average Bonchev–Trinajstić information content (AvgIpc) is 3.28. The summed E-state index contributed by atoms with van der Waals surface area (Å²) in [5.41, 5.74) is 2.27. The van der Waals surface area contributed by atoms with Crippen molar-refractivity contribution in [3.05, 3.63) is 64.4 Å². The first-order valence-electron chi connectivity index (χ1n) is 10.3. The molecule has 10 nitrogen and oxygen atoms in total. The summed E-state index contributed by atoms with van der Waals surface area (Å²) in [6.07, 6.45) is 2.93. The molecule has 4 rings (SSSR count). The molecule has 4 aromatic rings. The van der Waals surface area contributed by atoms with Gasteiger partial charge in [0.2, 0.25) is 17.6 Å². The third-order valence-electron chi connectivity index (χ3n) is 4.86. The quantitative estimate of drug-likeness (QED) is 0.342. The van der Waals surface area contributed by atoms with Gasteiger partial charge in [-0.25, -0.2) is 5.10 Å². The predicted octanol–water partition coefficient (Wildman–Crippen LogP) is 2.23. The fourth-order valence-corrected chi connectivity index (χ4v) is 3.13. The number of benzene rings is 1. The van der Waals surface area contributed by atoms with Crippen molar-refractivity contribution in [1.29, 1.82) is 0 Å². The van der Waals surface area contributed by atoms with E-state index < -0.39 is 0 Å². The minimum absolute atomic E-state index is 0.0885. The number of aryl methyl sites for hydroxylation is 2. The fraction of sp³-hybridized carbons (Fsp3) is 0.273. The maximum Gasteiger partial charge on any atom is 0.273 e. The van der Waals surface area contributed by atoms with Gasteiger partial charge >= 0.3 is 0 Å². The van der Waals surface area contributed by atoms with Crippen LogP contribution in [0, 0.1) is 6.92 Å². The van der Waals surface area contributed by atoms with Gasteiger partial charge in [0.25, 0.3) is 5.56 Å². The molecular formula is C22H23N7O3. The molecule has 0 aliphatic heterocycles. The number of carbonyl (C=O) groups is 1. The molecule has 3 heterocycles. The zero-order valence-electron chi connectivity index (χ0n) is 17.6. The highest BCUT2D eigenvalue weighted by molar-refractivity contribution is 5.86. The van der Waals surface area contributed by atoms with Crippen LogP contribution in [0.5, 0.6) is 0 Å². The van der Waals surface area contributed by atoms with Crippen molar-refractivity contribution in [2.45, 2.75) is 26.2 Å². The maximum atomic E-state index is 12.1. The molecule has 10 heteroatoms. The van der Waals surface area contributed by atoms with Crippen molar-refractivity contribution in [3.8, 4) is 11.4 Å². The molecule has 0 unspecified atom stereocenters. The van der Waals surface area contributed by atoms with Gasteiger partial charge in [0, 0.05) is 37.7 Å². The normalized spacial score (nSPS) is 10.9. The highest BCUT2D eigenvalue weighted by Crippen LogP contribution is 2.17. The van der Waals surface area contributed by atoms with Gasteiger partial charge in [-0.2, -0.15) is 10.1 Å². The van der Waals surface area contributed by atoms with Crippen molar-refractivity contribution in [3.63, 3.8) is 0 Å². The lowest BCUT2D eigenvalue weighted by atomic mass is 10.1. The van der Waals surface area contributed by atoms with Gasteiger partial charge in [0.15, 0.2) is 5.82 Å². The SMILES string of the molecule is Cc1ccc(-c2noc(CCC(=O)NCCCNc3n[nH]c(=O)c4cccnc34)n2)cc1. The Morgan fingerprint density at radius 2 is 2.00 bits per heavy atom. The molecule has 0 atom stereocenters. The Bertz CT molecular complexity index is 1260. The minimum Gasteiger partial charge on any atom is -0.367 e. The van der Waals surface area contributed by atoms with Gasteiger partial charge in [0.1, 0.15) is 5.52 Å². The number of aromatic nitrogens is 5. The molecule has 164 valence electrons. The number of pyridine rings is 1. The molecule has 0 saturated heterocycles. The maximum absolute atomic E-state index is 12.1. The standard InChI is InChI=1S/C22H23N7O3/c1-14-5-7-15(8-6-14)20-26-18(32-29-20)10-9-17(30)23-12-3-13-25-21-19-16(4-2-11-24-19)22(31)28-27-21/h2,4-8,11H,3,9-10,12-13H2,1H3,(H,23,30)(H,25,27)(H,28,31). The van der Waals surface area contributed by atoms with E-state index >= 15 is 0 Å². The third-order valence-corrected chi connectivity index (χ3v) is 4.86. The minimum atomic E-state index is -0.279. The number of nitrogens with one attached hydrogen (secondary N) is 3. The number of amides is 1. The molecule has 3 aromatic heterocycles. The second-order valence-corrected chi connectivity index (χ2v) is 7.31. The monoisotopic (exact) mass is 433 g/mol. The second kappa shape index (κ2) is 9.82. The fourth-order valence-electron chi connectivity index (χ4n) is 3.13. The molecule has 0 spiro atoms. The summed E-state index contributed by atoms with van der Waals surface area (Å²) >= 11 is 0. The summed E-state index contributed by atoms with van der Waals surface area (Å²) in [5.74, 6) is 1.37. The average molecular weight is 433 g/mol. The Morgan fingerprint density at radius 3 is 2.84 bits per heavy atom. The van der Waals surface area contributed by atoms with E-state index in [-0.39, 0.29) is 17.9 Å². The van der Waals surface area contributed by atoms with Crippen molar-refractivity contribution < 1.29 is 9.32 Å². The number of hydrogen-bond acceptors (Lipinski definition) is 8. The van der Waals surface area contributed by atoms with Crippen molar-refractivity contribution in [2.24, 2.45) is 0 Å². The van der Waals surface area contributed by atoms with Crippen LogP contribution in [0.15, 0.2) is 51.9 Å². The Hall–Kier alpha value is -4.08. The summed E-state index contributed by atoms with van der Waals surface area (Å²) in [4.78, 5) is 32.4. The zero-order valence-corrected chi connectivity index (χ0v) is 17.6. The van der Waals surface area contributed by atoms with Crippen molar-refractivity contribution >= 4 is 22.6 Å². The van der Waals surface area contributed by atoms with Crippen LogP contribution < -0.4 is 16.2 Å². The molecular weight excluding hydrogens is 410 g/mol. The Kier molecular flexibility index (Phi) is 6.49. The summed E-state index contributed by atoms with van der Waals surface area (Å²) in [6, 6.07) is 11.2. The number of fused-ring (bicyclic) bond motifs is 1. The number of anilines is 1. The van der Waals surface area contributed by atoms with E-state index in [9.17, 15) is 9.59 Å². The highest BCUT2D eigenvalue weighted by Gasteiger charge is 2.11. The number of H-pyrrole nitrogens is 1. The van der Waals surface area contributed by atoms with Gasteiger partial charge < -0.3 is 15.2 Å². The molecule has 0 fully saturated rings. The van der Waals surface area contributed by atoms with Gasteiger partial charge in [0.05, 0.1) is 5.39 Å². The summed E-state index contributed by atoms with van der Waals surface area (Å²) in [6.45, 7) is 3.08. The van der Waals surface area contributed by atoms with E-state index in [1.807, 2.05) is 31.2 Å². The molecule has 0 bridgehead atoms. The van der Waals surface area contributed by atoms with Crippen LogP contribution in [-0.2, 0) is 11.2 Å². The van der Waals surface area contributed by atoms with Gasteiger partial charge in [-0.05, 0) is 25.5 Å². The van der Waals surface area contributed by atoms with E-state index in [2.05, 4.69) is 36.0 Å². The third kappa shape index (κ3) is 5.15. The Morgan fingerprint density at radius 1 is 1.16 bits per heavy atom. The van der Waals surface area contributed by atoms with Crippen LogP contribution in [-0.4, -0.2) is 44.3 Å². The van der Waals surface area contributed by atoms with Crippen molar-refractivity contribution in [2.75, 3.05) is 18.4 Å². The molecule has 0 radical (unpaired) electrons. The lowest BCUT2D eigenvalue weighted by Gasteiger charge is -2.08. The molecule has 0 saturated carbocycles. The predicted molar refractivity (Wildman–Crippen MR) is 119 cm³/mol. The smallest absolute Gasteiger partial charge is 0.273 e. The number of hydrogen-bond donors (Lipinski definition) is 3. The topological polar surface area (TPSA) is 139 Å². The molecule has 1 aromatic carbocycles. The summed E-state index contributed by atoms with van der Waals surface area (Å²) < 4.78 is 5.25. The number of nitrogens with zero attached hydrogens (tertiary/aromatic N) is 4. The zero-order chi connectivity index (χ0) is 22.3. The van der Waals surface area contributed by atoms with Crippen LogP contribution in [0.3, 0.4) is 0 Å². The van der Waals surface area contributed by atoms with Gasteiger partial charge in [-0.1, -0.05) is 35.0 Å². The van der Waals surface area contributed by atoms with E-state index in [0.29, 0.717) is 54.4 Å². The lowest BCUT2D eigenvalue weighted by Crippen LogP contribution is -2.26. The van der Waals surface area contributed by atoms with Gasteiger partial charge in [-0.15, -0.1) is 0 Å². The van der Waals surface area contributed by atoms with Crippen molar-refractivity contribution in [1.82, 2.24) is 30.6 Å². The number of aromatic amines is 1. The first-order chi connectivity index (χ1) is 15.6. The van der Waals surface area contributed by atoms with E-state index in [4.69, 9.17) is 4.52 Å². The Labute approximate surface area is 183 Å². The molecule has 3 N–H and O–H groups in total. The highest BCUT2D eigenvalue weighted by atomic mass is 16.5.